The molecule has 25 heavy (non-hydrogen) atoms. The first-order valence-corrected chi connectivity index (χ1v) is 8.87. The van der Waals surface area contributed by atoms with Gasteiger partial charge in [-0.3, -0.25) is 9.59 Å². The summed E-state index contributed by atoms with van der Waals surface area (Å²) in [5.74, 6) is -1.06. The molecule has 2 fully saturated rings. The molecule has 1 aromatic carbocycles. The molecule has 5 heteroatoms. The van der Waals surface area contributed by atoms with Gasteiger partial charge >= 0.3 is 5.97 Å². The molecule has 1 aromatic rings. The molecule has 3 heterocycles. The molecule has 1 amide bonds. The summed E-state index contributed by atoms with van der Waals surface area (Å²) in [5.41, 5.74) is 0.405. The van der Waals surface area contributed by atoms with Crippen LogP contribution in [0.2, 0.25) is 0 Å². The summed E-state index contributed by atoms with van der Waals surface area (Å²) in [6.07, 6.45) is 3.54. The molecule has 3 aliphatic heterocycles. The van der Waals surface area contributed by atoms with Gasteiger partial charge in [-0.15, -0.1) is 0 Å². The zero-order valence-corrected chi connectivity index (χ0v) is 14.6. The van der Waals surface area contributed by atoms with Gasteiger partial charge in [0.2, 0.25) is 5.91 Å². The van der Waals surface area contributed by atoms with Gasteiger partial charge in [-0.25, -0.2) is 0 Å². The molecular weight excluding hydrogens is 318 g/mol. The van der Waals surface area contributed by atoms with Gasteiger partial charge in [0, 0.05) is 6.54 Å². The predicted molar refractivity (Wildman–Crippen MR) is 91.4 cm³/mol. The van der Waals surface area contributed by atoms with E-state index in [1.807, 2.05) is 56.3 Å². The predicted octanol–water partition coefficient (Wildman–Crippen LogP) is 2.17. The zero-order chi connectivity index (χ0) is 17.6. The Kier molecular flexibility index (Phi) is 3.91. The van der Waals surface area contributed by atoms with E-state index in [0.717, 1.165) is 5.56 Å². The smallest absolute Gasteiger partial charge is 0.312 e. The SMILES string of the molecule is CC(C)COC(=O)[C@H]1[C@H]2C=C[C@@]3(CN(Cc4ccccc4)C(=O)[C@@H]13)O2. The quantitative estimate of drug-likeness (QED) is 0.608. The molecule has 1 spiro atoms. The Hall–Kier alpha value is -2.14. The van der Waals surface area contributed by atoms with Crippen molar-refractivity contribution in [3.63, 3.8) is 0 Å². The van der Waals surface area contributed by atoms with E-state index in [9.17, 15) is 9.59 Å². The molecule has 5 nitrogen and oxygen atoms in total. The lowest BCUT2D eigenvalue weighted by Crippen LogP contribution is -2.40. The first kappa shape index (κ1) is 16.3. The average molecular weight is 341 g/mol. The second-order valence-electron chi connectivity index (χ2n) is 7.60. The maximum atomic E-state index is 13.0. The Labute approximate surface area is 147 Å². The van der Waals surface area contributed by atoms with Crippen molar-refractivity contribution in [2.45, 2.75) is 32.1 Å². The van der Waals surface area contributed by atoms with Crippen molar-refractivity contribution in [1.82, 2.24) is 4.90 Å². The van der Waals surface area contributed by atoms with Gasteiger partial charge < -0.3 is 14.4 Å². The van der Waals surface area contributed by atoms with Gasteiger partial charge in [0.05, 0.1) is 25.2 Å². The van der Waals surface area contributed by atoms with Gasteiger partial charge in [0.1, 0.15) is 11.5 Å². The first-order valence-electron chi connectivity index (χ1n) is 8.87. The van der Waals surface area contributed by atoms with E-state index in [2.05, 4.69) is 0 Å². The molecule has 0 unspecified atom stereocenters. The molecule has 0 radical (unpaired) electrons. The minimum Gasteiger partial charge on any atom is -0.465 e. The highest BCUT2D eigenvalue weighted by atomic mass is 16.6. The average Bonchev–Trinajstić information content (AvgIpc) is 3.22. The first-order chi connectivity index (χ1) is 12.0. The molecule has 0 N–H and O–H groups in total. The summed E-state index contributed by atoms with van der Waals surface area (Å²) >= 11 is 0. The topological polar surface area (TPSA) is 55.8 Å². The number of rotatable bonds is 5. The molecule has 4 rings (SSSR count). The van der Waals surface area contributed by atoms with Crippen LogP contribution in [0, 0.1) is 17.8 Å². The third-order valence-electron chi connectivity index (χ3n) is 5.23. The third-order valence-corrected chi connectivity index (χ3v) is 5.23. The standard InChI is InChI=1S/C20H23NO4/c1-13(2)11-24-19(23)16-15-8-9-20(25-15)12-21(18(22)17(16)20)10-14-6-4-3-5-7-14/h3-9,13,15-17H,10-12H2,1-2H3/t15-,16+,17-,20+/m1/s1. The minimum absolute atomic E-state index is 0.0119. The van der Waals surface area contributed by atoms with E-state index >= 15 is 0 Å². The molecular formula is C20H23NO4. The van der Waals surface area contributed by atoms with Gasteiger partial charge in [-0.05, 0) is 11.5 Å². The maximum absolute atomic E-state index is 13.0. The van der Waals surface area contributed by atoms with Crippen molar-refractivity contribution < 1.29 is 19.1 Å². The van der Waals surface area contributed by atoms with Crippen LogP contribution in [-0.2, 0) is 25.6 Å². The molecule has 132 valence electrons. The fourth-order valence-electron chi connectivity index (χ4n) is 4.13. The lowest BCUT2D eigenvalue weighted by atomic mass is 9.77. The van der Waals surface area contributed by atoms with Crippen LogP contribution in [0.3, 0.4) is 0 Å². The Morgan fingerprint density at radius 1 is 1.36 bits per heavy atom. The van der Waals surface area contributed by atoms with E-state index in [1.54, 1.807) is 4.90 Å². The number of esters is 1. The highest BCUT2D eigenvalue weighted by molar-refractivity contribution is 5.91. The van der Waals surface area contributed by atoms with E-state index in [4.69, 9.17) is 9.47 Å². The van der Waals surface area contributed by atoms with Crippen molar-refractivity contribution in [2.75, 3.05) is 13.2 Å². The molecule has 2 saturated heterocycles. The second kappa shape index (κ2) is 5.99. The number of nitrogens with zero attached hydrogens (tertiary/aromatic N) is 1. The fourth-order valence-corrected chi connectivity index (χ4v) is 4.13. The zero-order valence-electron chi connectivity index (χ0n) is 14.6. The number of carbonyl (C=O) groups is 2. The van der Waals surface area contributed by atoms with Crippen molar-refractivity contribution in [2.24, 2.45) is 17.8 Å². The summed E-state index contributed by atoms with van der Waals surface area (Å²) in [7, 11) is 0. The maximum Gasteiger partial charge on any atom is 0.312 e. The van der Waals surface area contributed by atoms with E-state index < -0.39 is 17.4 Å². The number of carbonyl (C=O) groups excluding carboxylic acids is 2. The van der Waals surface area contributed by atoms with Gasteiger partial charge in [-0.1, -0.05) is 56.3 Å². The fraction of sp³-hybridized carbons (Fsp3) is 0.500. The van der Waals surface area contributed by atoms with Gasteiger partial charge in [0.15, 0.2) is 0 Å². The Balaban J connectivity index is 1.54. The molecule has 0 aromatic heterocycles. The van der Waals surface area contributed by atoms with E-state index in [1.165, 1.54) is 0 Å². The number of fused-ring (bicyclic) bond motifs is 1. The van der Waals surface area contributed by atoms with Crippen molar-refractivity contribution >= 4 is 11.9 Å². The lowest BCUT2D eigenvalue weighted by Gasteiger charge is -2.23. The lowest BCUT2D eigenvalue weighted by molar-refractivity contribution is -0.154. The summed E-state index contributed by atoms with van der Waals surface area (Å²) in [4.78, 5) is 27.4. The number of benzene rings is 1. The highest BCUT2D eigenvalue weighted by Gasteiger charge is 2.67. The largest absolute Gasteiger partial charge is 0.465 e. The summed E-state index contributed by atoms with van der Waals surface area (Å²) < 4.78 is 11.5. The number of hydrogen-bond acceptors (Lipinski definition) is 4. The number of likely N-dealkylation sites (tertiary alicyclic amines) is 1. The molecule has 4 atom stereocenters. The summed E-state index contributed by atoms with van der Waals surface area (Å²) in [6.45, 7) is 5.38. The van der Waals surface area contributed by atoms with E-state index in [0.29, 0.717) is 19.7 Å². The van der Waals surface area contributed by atoms with Crippen LogP contribution in [0.4, 0.5) is 0 Å². The highest BCUT2D eigenvalue weighted by Crippen LogP contribution is 2.52. The normalized spacial score (nSPS) is 32.5. The van der Waals surface area contributed by atoms with Crippen LogP contribution in [0.5, 0.6) is 0 Å². The van der Waals surface area contributed by atoms with Crippen LogP contribution in [0.1, 0.15) is 19.4 Å². The molecule has 0 aliphatic carbocycles. The summed E-state index contributed by atoms with van der Waals surface area (Å²) in [6, 6.07) is 9.88. The molecule has 0 saturated carbocycles. The second-order valence-corrected chi connectivity index (χ2v) is 7.60. The number of hydrogen-bond donors (Lipinski definition) is 0. The monoisotopic (exact) mass is 341 g/mol. The Morgan fingerprint density at radius 3 is 2.84 bits per heavy atom. The van der Waals surface area contributed by atoms with Gasteiger partial charge in [0.25, 0.3) is 0 Å². The van der Waals surface area contributed by atoms with Crippen LogP contribution in [0.25, 0.3) is 0 Å². The van der Waals surface area contributed by atoms with Gasteiger partial charge in [-0.2, -0.15) is 0 Å². The molecule has 2 bridgehead atoms. The molecule has 3 aliphatic rings. The van der Waals surface area contributed by atoms with Crippen LogP contribution >= 0.6 is 0 Å². The van der Waals surface area contributed by atoms with Crippen molar-refractivity contribution in [3.8, 4) is 0 Å². The van der Waals surface area contributed by atoms with Crippen molar-refractivity contribution in [1.29, 1.82) is 0 Å². The van der Waals surface area contributed by atoms with Crippen LogP contribution < -0.4 is 0 Å². The Morgan fingerprint density at radius 2 is 2.12 bits per heavy atom. The Bertz CT molecular complexity index is 714. The van der Waals surface area contributed by atoms with E-state index in [-0.39, 0.29) is 23.9 Å². The third kappa shape index (κ3) is 2.67. The number of ether oxygens (including phenoxy) is 2. The summed E-state index contributed by atoms with van der Waals surface area (Å²) in [5, 5.41) is 0. The number of amides is 1. The van der Waals surface area contributed by atoms with Crippen LogP contribution in [-0.4, -0.2) is 41.6 Å². The minimum atomic E-state index is -0.669. The van der Waals surface area contributed by atoms with Crippen LogP contribution in [0.15, 0.2) is 42.5 Å². The van der Waals surface area contributed by atoms with Crippen molar-refractivity contribution in [3.05, 3.63) is 48.0 Å².